The van der Waals surface area contributed by atoms with Crippen LogP contribution in [0.5, 0.6) is 0 Å². The molecule has 0 N–H and O–H groups in total. The van der Waals surface area contributed by atoms with Crippen LogP contribution in [0, 0.1) is 0 Å². The normalized spacial score (nSPS) is 27.3. The Morgan fingerprint density at radius 2 is 1.73 bits per heavy atom. The highest BCUT2D eigenvalue weighted by molar-refractivity contribution is 6.69. The van der Waals surface area contributed by atoms with E-state index in [1.165, 1.54) is 38.5 Å². The van der Waals surface area contributed by atoms with Crippen LogP contribution in [0.2, 0.25) is 19.6 Å². The largest absolute Gasteiger partial charge is 0.414 e. The molecule has 0 bridgehead atoms. The lowest BCUT2D eigenvalue weighted by molar-refractivity contribution is 0.182. The summed E-state index contributed by atoms with van der Waals surface area (Å²) >= 11 is 0. The third kappa shape index (κ3) is 6.91. The van der Waals surface area contributed by atoms with Gasteiger partial charge < -0.3 is 4.43 Å². The van der Waals surface area contributed by atoms with Crippen molar-refractivity contribution in [2.45, 2.75) is 70.7 Å². The van der Waals surface area contributed by atoms with Gasteiger partial charge in [-0.1, -0.05) is 31.4 Å². The molecular weight excluding hydrogens is 200 g/mol. The van der Waals surface area contributed by atoms with Gasteiger partial charge in [0.25, 0.3) is 0 Å². The molecule has 0 fully saturated rings. The molecule has 1 rings (SSSR count). The topological polar surface area (TPSA) is 9.23 Å². The summed E-state index contributed by atoms with van der Waals surface area (Å²) in [5.41, 5.74) is 0. The molecule has 1 unspecified atom stereocenters. The predicted molar refractivity (Wildman–Crippen MR) is 69.7 cm³/mol. The van der Waals surface area contributed by atoms with E-state index in [4.69, 9.17) is 4.43 Å². The molecule has 0 saturated heterocycles. The molecule has 1 atom stereocenters. The molecule has 0 amide bonds. The second-order valence-electron chi connectivity index (χ2n) is 5.55. The minimum Gasteiger partial charge on any atom is -0.414 e. The summed E-state index contributed by atoms with van der Waals surface area (Å²) in [5.74, 6) is 0. The highest BCUT2D eigenvalue weighted by Crippen LogP contribution is 2.18. The molecule has 0 saturated carbocycles. The van der Waals surface area contributed by atoms with Gasteiger partial charge in [0.15, 0.2) is 8.32 Å². The fraction of sp³-hybridized carbons (Fsp3) is 0.846. The van der Waals surface area contributed by atoms with Crippen LogP contribution in [0.4, 0.5) is 0 Å². The molecule has 0 aromatic heterocycles. The molecular formula is C13H26OSi. The van der Waals surface area contributed by atoms with Crippen molar-refractivity contribution in [3.8, 4) is 0 Å². The van der Waals surface area contributed by atoms with Crippen molar-refractivity contribution in [3.05, 3.63) is 12.2 Å². The Labute approximate surface area is 96.0 Å². The summed E-state index contributed by atoms with van der Waals surface area (Å²) in [6.07, 6.45) is 14.3. The first-order chi connectivity index (χ1) is 7.08. The summed E-state index contributed by atoms with van der Waals surface area (Å²) in [4.78, 5) is 0. The number of hydrogen-bond donors (Lipinski definition) is 0. The minimum atomic E-state index is -1.35. The van der Waals surface area contributed by atoms with Crippen LogP contribution in [0.1, 0.15) is 44.9 Å². The Balaban J connectivity index is 2.41. The number of allylic oxidation sites excluding steroid dienone is 1. The van der Waals surface area contributed by atoms with Crippen molar-refractivity contribution in [2.75, 3.05) is 0 Å². The van der Waals surface area contributed by atoms with Crippen molar-refractivity contribution >= 4 is 8.32 Å². The Morgan fingerprint density at radius 1 is 1.00 bits per heavy atom. The van der Waals surface area contributed by atoms with Crippen LogP contribution in [0.25, 0.3) is 0 Å². The fourth-order valence-electron chi connectivity index (χ4n) is 2.08. The van der Waals surface area contributed by atoms with Gasteiger partial charge in [-0.3, -0.25) is 0 Å². The van der Waals surface area contributed by atoms with Crippen LogP contribution < -0.4 is 0 Å². The Kier molecular flexibility index (Phi) is 5.62. The van der Waals surface area contributed by atoms with Gasteiger partial charge in [-0.25, -0.2) is 0 Å². The van der Waals surface area contributed by atoms with Crippen molar-refractivity contribution in [3.63, 3.8) is 0 Å². The van der Waals surface area contributed by atoms with E-state index in [1.54, 1.807) is 0 Å². The third-order valence-corrected chi connectivity index (χ3v) is 3.77. The Bertz CT molecular complexity index is 193. The first-order valence-electron chi connectivity index (χ1n) is 6.41. The Hall–Kier alpha value is -0.0831. The van der Waals surface area contributed by atoms with Gasteiger partial charge in [-0.2, -0.15) is 0 Å². The summed E-state index contributed by atoms with van der Waals surface area (Å²) in [6, 6.07) is 0. The van der Waals surface area contributed by atoms with Crippen molar-refractivity contribution in [1.29, 1.82) is 0 Å². The average molecular weight is 226 g/mol. The quantitative estimate of drug-likeness (QED) is 0.497. The first kappa shape index (κ1) is 13.0. The highest BCUT2D eigenvalue weighted by Gasteiger charge is 2.20. The van der Waals surface area contributed by atoms with Crippen molar-refractivity contribution in [2.24, 2.45) is 0 Å². The zero-order chi connectivity index (χ0) is 11.1. The van der Waals surface area contributed by atoms with Crippen LogP contribution in [-0.2, 0) is 4.43 Å². The van der Waals surface area contributed by atoms with Gasteiger partial charge in [-0.15, -0.1) is 0 Å². The molecule has 1 aliphatic rings. The molecule has 15 heavy (non-hydrogen) atoms. The lowest BCUT2D eigenvalue weighted by Crippen LogP contribution is -2.31. The molecule has 0 aromatic rings. The van der Waals surface area contributed by atoms with Crippen molar-refractivity contribution in [1.82, 2.24) is 0 Å². The van der Waals surface area contributed by atoms with E-state index in [-0.39, 0.29) is 0 Å². The van der Waals surface area contributed by atoms with E-state index in [0.29, 0.717) is 6.10 Å². The molecule has 1 aliphatic carbocycles. The van der Waals surface area contributed by atoms with Gasteiger partial charge in [0.1, 0.15) is 0 Å². The smallest absolute Gasteiger partial charge is 0.184 e. The van der Waals surface area contributed by atoms with Gasteiger partial charge in [0, 0.05) is 6.10 Å². The van der Waals surface area contributed by atoms with Gasteiger partial charge in [-0.05, 0) is 45.3 Å². The second-order valence-corrected chi connectivity index (χ2v) is 10.0. The average Bonchev–Trinajstić information content (AvgIpc) is 2.13. The van der Waals surface area contributed by atoms with Crippen LogP contribution in [-0.4, -0.2) is 14.4 Å². The van der Waals surface area contributed by atoms with Gasteiger partial charge >= 0.3 is 0 Å². The van der Waals surface area contributed by atoms with Crippen LogP contribution >= 0.6 is 0 Å². The SMILES string of the molecule is C[Si](C)(C)OC1C/C=C\CCCCCC1. The summed E-state index contributed by atoms with van der Waals surface area (Å²) in [5, 5.41) is 0. The monoisotopic (exact) mass is 226 g/mol. The van der Waals surface area contributed by atoms with E-state index in [1.807, 2.05) is 0 Å². The molecule has 0 heterocycles. The number of hydrogen-bond acceptors (Lipinski definition) is 1. The highest BCUT2D eigenvalue weighted by atomic mass is 28.4. The maximum Gasteiger partial charge on any atom is 0.184 e. The lowest BCUT2D eigenvalue weighted by Gasteiger charge is -2.26. The molecule has 88 valence electrons. The second kappa shape index (κ2) is 6.49. The molecule has 2 heteroatoms. The first-order valence-corrected chi connectivity index (χ1v) is 9.81. The lowest BCUT2D eigenvalue weighted by atomic mass is 10.0. The molecule has 0 radical (unpaired) electrons. The molecule has 0 spiro atoms. The third-order valence-electron chi connectivity index (χ3n) is 2.73. The van der Waals surface area contributed by atoms with E-state index in [0.717, 1.165) is 6.42 Å². The summed E-state index contributed by atoms with van der Waals surface area (Å²) in [6.45, 7) is 6.86. The summed E-state index contributed by atoms with van der Waals surface area (Å²) < 4.78 is 6.20. The van der Waals surface area contributed by atoms with Gasteiger partial charge in [0.2, 0.25) is 0 Å². The van der Waals surface area contributed by atoms with E-state index in [9.17, 15) is 0 Å². The van der Waals surface area contributed by atoms with E-state index in [2.05, 4.69) is 31.8 Å². The van der Waals surface area contributed by atoms with Gasteiger partial charge in [0.05, 0.1) is 0 Å². The molecule has 1 nitrogen and oxygen atoms in total. The van der Waals surface area contributed by atoms with Crippen LogP contribution in [0.3, 0.4) is 0 Å². The standard InChI is InChI=1S/C13H26OSi/c1-15(2,3)14-13-11-9-7-5-4-6-8-10-12-13/h7,9,13H,4-6,8,10-12H2,1-3H3/b9-7-. The maximum atomic E-state index is 6.20. The summed E-state index contributed by atoms with van der Waals surface area (Å²) in [7, 11) is -1.35. The van der Waals surface area contributed by atoms with Crippen LogP contribution in [0.15, 0.2) is 12.2 Å². The zero-order valence-corrected chi connectivity index (χ0v) is 11.6. The van der Waals surface area contributed by atoms with E-state index >= 15 is 0 Å². The molecule has 0 aliphatic heterocycles. The molecule has 0 aromatic carbocycles. The zero-order valence-electron chi connectivity index (χ0n) is 10.6. The fourth-order valence-corrected chi connectivity index (χ4v) is 3.29. The maximum absolute atomic E-state index is 6.20. The predicted octanol–water partition coefficient (Wildman–Crippen LogP) is 4.51. The minimum absolute atomic E-state index is 0.492. The number of rotatable bonds is 2. The van der Waals surface area contributed by atoms with E-state index < -0.39 is 8.32 Å². The van der Waals surface area contributed by atoms with Crippen molar-refractivity contribution < 1.29 is 4.43 Å². The Morgan fingerprint density at radius 3 is 2.47 bits per heavy atom.